The van der Waals surface area contributed by atoms with Gasteiger partial charge in [-0.05, 0) is 35.7 Å². The first-order valence-corrected chi connectivity index (χ1v) is 9.83. The lowest BCUT2D eigenvalue weighted by Gasteiger charge is -2.20. The number of carbonyl (C=O) groups is 2. The Morgan fingerprint density at radius 2 is 1.85 bits per heavy atom. The fourth-order valence-corrected chi connectivity index (χ4v) is 2.91. The first kappa shape index (κ1) is 20.5. The molecule has 0 spiro atoms. The van der Waals surface area contributed by atoms with Crippen molar-refractivity contribution in [1.29, 1.82) is 0 Å². The molecule has 0 aliphatic carbocycles. The predicted molar refractivity (Wildman–Crippen MR) is 99.9 cm³/mol. The van der Waals surface area contributed by atoms with Crippen molar-refractivity contribution in [2.75, 3.05) is 13.1 Å². The molecule has 0 aliphatic rings. The van der Waals surface area contributed by atoms with Crippen LogP contribution in [0.25, 0.3) is 0 Å². The number of hydrogen-bond acceptors (Lipinski definition) is 5. The van der Waals surface area contributed by atoms with Crippen LogP contribution in [0.3, 0.4) is 0 Å². The van der Waals surface area contributed by atoms with Gasteiger partial charge in [0.15, 0.2) is 0 Å². The maximum absolute atomic E-state index is 12.1. The summed E-state index contributed by atoms with van der Waals surface area (Å²) < 4.78 is 22.5. The SMILES string of the molecule is CC(=O)N(CCc1ccc(S(N)(=O)=O)cc1)CC(=O)NCc1cccnc1. The Morgan fingerprint density at radius 3 is 2.41 bits per heavy atom. The van der Waals surface area contributed by atoms with Gasteiger partial charge in [-0.1, -0.05) is 18.2 Å². The number of rotatable bonds is 8. The van der Waals surface area contributed by atoms with E-state index >= 15 is 0 Å². The van der Waals surface area contributed by atoms with Gasteiger partial charge in [0.25, 0.3) is 0 Å². The minimum atomic E-state index is -3.73. The van der Waals surface area contributed by atoms with Crippen LogP contribution in [-0.2, 0) is 32.6 Å². The molecule has 0 unspecified atom stereocenters. The lowest BCUT2D eigenvalue weighted by Crippen LogP contribution is -2.40. The summed E-state index contributed by atoms with van der Waals surface area (Å²) in [7, 11) is -3.73. The monoisotopic (exact) mass is 390 g/mol. The number of nitrogens with one attached hydrogen (secondary N) is 1. The zero-order valence-electron chi connectivity index (χ0n) is 15.0. The van der Waals surface area contributed by atoms with Gasteiger partial charge >= 0.3 is 0 Å². The van der Waals surface area contributed by atoms with Crippen molar-refractivity contribution in [1.82, 2.24) is 15.2 Å². The van der Waals surface area contributed by atoms with Crippen LogP contribution in [0, 0.1) is 0 Å². The molecule has 3 N–H and O–H groups in total. The van der Waals surface area contributed by atoms with Gasteiger partial charge in [-0.15, -0.1) is 0 Å². The van der Waals surface area contributed by atoms with Crippen molar-refractivity contribution in [2.45, 2.75) is 24.8 Å². The van der Waals surface area contributed by atoms with Crippen LogP contribution in [-0.4, -0.2) is 43.2 Å². The topological polar surface area (TPSA) is 122 Å². The average Bonchev–Trinajstić information content (AvgIpc) is 2.63. The molecule has 0 saturated carbocycles. The summed E-state index contributed by atoms with van der Waals surface area (Å²) >= 11 is 0. The molecular weight excluding hydrogens is 368 g/mol. The minimum Gasteiger partial charge on any atom is -0.350 e. The molecule has 0 bridgehead atoms. The summed E-state index contributed by atoms with van der Waals surface area (Å²) in [5.41, 5.74) is 1.71. The van der Waals surface area contributed by atoms with E-state index in [1.54, 1.807) is 30.6 Å². The molecule has 144 valence electrons. The maximum atomic E-state index is 12.1. The molecule has 9 heteroatoms. The molecule has 0 fully saturated rings. The van der Waals surface area contributed by atoms with Crippen molar-refractivity contribution in [3.63, 3.8) is 0 Å². The van der Waals surface area contributed by atoms with E-state index in [9.17, 15) is 18.0 Å². The number of sulfonamides is 1. The van der Waals surface area contributed by atoms with Gasteiger partial charge in [0.2, 0.25) is 21.8 Å². The Bertz CT molecular complexity index is 883. The van der Waals surface area contributed by atoms with Crippen LogP contribution < -0.4 is 10.5 Å². The number of hydrogen-bond donors (Lipinski definition) is 2. The molecular formula is C18H22N4O4S. The van der Waals surface area contributed by atoms with E-state index < -0.39 is 10.0 Å². The van der Waals surface area contributed by atoms with E-state index in [-0.39, 0.29) is 23.3 Å². The molecule has 0 radical (unpaired) electrons. The number of nitrogens with two attached hydrogens (primary N) is 1. The van der Waals surface area contributed by atoms with Crippen LogP contribution in [0.15, 0.2) is 53.7 Å². The molecule has 2 amide bonds. The molecule has 0 aliphatic heterocycles. The number of benzene rings is 1. The van der Waals surface area contributed by atoms with Crippen molar-refractivity contribution in [3.05, 3.63) is 59.9 Å². The summed E-state index contributed by atoms with van der Waals surface area (Å²) in [4.78, 5) is 29.3. The van der Waals surface area contributed by atoms with E-state index in [0.717, 1.165) is 11.1 Å². The van der Waals surface area contributed by atoms with E-state index in [1.807, 2.05) is 6.07 Å². The van der Waals surface area contributed by atoms with E-state index in [0.29, 0.717) is 19.5 Å². The fraction of sp³-hybridized carbons (Fsp3) is 0.278. The molecule has 2 aromatic rings. The van der Waals surface area contributed by atoms with Gasteiger partial charge in [0, 0.05) is 32.4 Å². The highest BCUT2D eigenvalue weighted by Crippen LogP contribution is 2.10. The molecule has 1 aromatic heterocycles. The molecule has 1 aromatic carbocycles. The highest BCUT2D eigenvalue weighted by atomic mass is 32.2. The van der Waals surface area contributed by atoms with E-state index in [4.69, 9.17) is 5.14 Å². The molecule has 0 atom stereocenters. The summed E-state index contributed by atoms with van der Waals surface area (Å²) in [6.07, 6.45) is 3.80. The number of primary sulfonamides is 1. The van der Waals surface area contributed by atoms with E-state index in [2.05, 4.69) is 10.3 Å². The van der Waals surface area contributed by atoms with Crippen LogP contribution in [0.2, 0.25) is 0 Å². The lowest BCUT2D eigenvalue weighted by molar-refractivity contribution is -0.134. The third-order valence-corrected chi connectivity index (χ3v) is 4.84. The first-order chi connectivity index (χ1) is 12.8. The van der Waals surface area contributed by atoms with Crippen LogP contribution in [0.5, 0.6) is 0 Å². The van der Waals surface area contributed by atoms with Gasteiger partial charge in [-0.3, -0.25) is 14.6 Å². The maximum Gasteiger partial charge on any atom is 0.239 e. The molecule has 27 heavy (non-hydrogen) atoms. The average molecular weight is 390 g/mol. The van der Waals surface area contributed by atoms with Crippen LogP contribution in [0.1, 0.15) is 18.1 Å². The van der Waals surface area contributed by atoms with Crippen LogP contribution in [0.4, 0.5) is 0 Å². The summed E-state index contributed by atoms with van der Waals surface area (Å²) in [5.74, 6) is -0.480. The van der Waals surface area contributed by atoms with Gasteiger partial charge in [-0.25, -0.2) is 13.6 Å². The van der Waals surface area contributed by atoms with Gasteiger partial charge < -0.3 is 10.2 Å². The quantitative estimate of drug-likeness (QED) is 0.677. The third-order valence-electron chi connectivity index (χ3n) is 3.91. The summed E-state index contributed by atoms with van der Waals surface area (Å²) in [6, 6.07) is 9.75. The Hall–Kier alpha value is -2.78. The predicted octanol–water partition coefficient (Wildman–Crippen LogP) is 0.436. The largest absolute Gasteiger partial charge is 0.350 e. The number of aromatic nitrogens is 1. The number of amides is 2. The van der Waals surface area contributed by atoms with Gasteiger partial charge in [0.05, 0.1) is 11.4 Å². The molecule has 8 nitrogen and oxygen atoms in total. The van der Waals surface area contributed by atoms with E-state index in [1.165, 1.54) is 24.0 Å². The van der Waals surface area contributed by atoms with Gasteiger partial charge in [0.1, 0.15) is 0 Å². The molecule has 0 saturated heterocycles. The molecule has 1 heterocycles. The normalized spacial score (nSPS) is 11.0. The first-order valence-electron chi connectivity index (χ1n) is 8.28. The molecule has 2 rings (SSSR count). The number of nitrogens with zero attached hydrogens (tertiary/aromatic N) is 2. The summed E-state index contributed by atoms with van der Waals surface area (Å²) in [5, 5.41) is 7.82. The number of carbonyl (C=O) groups excluding carboxylic acids is 2. The zero-order valence-corrected chi connectivity index (χ0v) is 15.8. The Balaban J connectivity index is 1.87. The Kier molecular flexibility index (Phi) is 7.03. The van der Waals surface area contributed by atoms with Crippen molar-refractivity contribution in [3.8, 4) is 0 Å². The lowest BCUT2D eigenvalue weighted by atomic mass is 10.1. The zero-order chi connectivity index (χ0) is 19.9. The summed E-state index contributed by atoms with van der Waals surface area (Å²) in [6.45, 7) is 2.03. The van der Waals surface area contributed by atoms with Gasteiger partial charge in [-0.2, -0.15) is 0 Å². The minimum absolute atomic E-state index is 0.0319. The highest BCUT2D eigenvalue weighted by Gasteiger charge is 2.14. The second kappa shape index (κ2) is 9.24. The Morgan fingerprint density at radius 1 is 1.15 bits per heavy atom. The standard InChI is InChI=1S/C18H22N4O4S/c1-14(23)22(13-18(24)21-12-16-3-2-9-20-11-16)10-8-15-4-6-17(7-5-15)27(19,25)26/h2-7,9,11H,8,10,12-13H2,1H3,(H,21,24)(H2,19,25,26). The fourth-order valence-electron chi connectivity index (χ4n) is 2.39. The van der Waals surface area contributed by atoms with Crippen LogP contribution >= 0.6 is 0 Å². The van der Waals surface area contributed by atoms with Crippen molar-refractivity contribution < 1.29 is 18.0 Å². The van der Waals surface area contributed by atoms with Crippen molar-refractivity contribution >= 4 is 21.8 Å². The highest BCUT2D eigenvalue weighted by molar-refractivity contribution is 7.89. The second-order valence-corrected chi connectivity index (χ2v) is 7.58. The third kappa shape index (κ3) is 6.80. The number of pyridine rings is 1. The Labute approximate surface area is 158 Å². The smallest absolute Gasteiger partial charge is 0.239 e. The van der Waals surface area contributed by atoms with Crippen molar-refractivity contribution in [2.24, 2.45) is 5.14 Å². The second-order valence-electron chi connectivity index (χ2n) is 6.02.